The summed E-state index contributed by atoms with van der Waals surface area (Å²) >= 11 is 0. The molecule has 122 valence electrons. The van der Waals surface area contributed by atoms with Crippen LogP contribution in [-0.2, 0) is 9.53 Å². The van der Waals surface area contributed by atoms with Gasteiger partial charge in [-0.3, -0.25) is 4.79 Å². The van der Waals surface area contributed by atoms with Crippen molar-refractivity contribution in [2.75, 3.05) is 0 Å². The molecule has 0 aromatic heterocycles. The Bertz CT molecular complexity index is 552. The van der Waals surface area contributed by atoms with Crippen LogP contribution in [0.2, 0.25) is 0 Å². The van der Waals surface area contributed by atoms with Gasteiger partial charge in [0.1, 0.15) is 0 Å². The normalized spacial score (nSPS) is 44.5. The summed E-state index contributed by atoms with van der Waals surface area (Å²) in [6, 6.07) is 0. The highest BCUT2D eigenvalue weighted by molar-refractivity contribution is 5.99. The number of Topliss-reactive ketones (excluding diaryl/α,β-unsaturated/α-hetero) is 1. The Balaban J connectivity index is 1.95. The number of epoxide rings is 1. The van der Waals surface area contributed by atoms with Crippen LogP contribution >= 0.6 is 0 Å². The zero-order valence-corrected chi connectivity index (χ0v) is 14.8. The highest BCUT2D eigenvalue weighted by Gasteiger charge is 2.57. The van der Waals surface area contributed by atoms with E-state index in [1.165, 1.54) is 11.1 Å². The van der Waals surface area contributed by atoms with Crippen LogP contribution in [0.25, 0.3) is 0 Å². The molecule has 2 fully saturated rings. The fourth-order valence-corrected chi connectivity index (χ4v) is 4.73. The third kappa shape index (κ3) is 2.71. The molecule has 2 heteroatoms. The van der Waals surface area contributed by atoms with Gasteiger partial charge in [-0.15, -0.1) is 0 Å². The van der Waals surface area contributed by atoms with E-state index in [0.29, 0.717) is 24.2 Å². The maximum Gasteiger partial charge on any atom is 0.159 e. The number of carbonyl (C=O) groups is 1. The van der Waals surface area contributed by atoms with Gasteiger partial charge in [0, 0.05) is 6.42 Å². The molecule has 0 bridgehead atoms. The van der Waals surface area contributed by atoms with E-state index in [0.717, 1.165) is 37.7 Å². The van der Waals surface area contributed by atoms with E-state index in [2.05, 4.69) is 40.7 Å². The van der Waals surface area contributed by atoms with Gasteiger partial charge in [-0.2, -0.15) is 0 Å². The van der Waals surface area contributed by atoms with Crippen LogP contribution in [0, 0.1) is 11.3 Å². The average Bonchev–Trinajstić information content (AvgIpc) is 2.92. The first kappa shape index (κ1) is 16.0. The molecule has 0 aromatic carbocycles. The molecule has 3 aliphatic rings. The van der Waals surface area contributed by atoms with Crippen molar-refractivity contribution in [3.8, 4) is 0 Å². The Hall–Kier alpha value is -0.890. The molecule has 0 aromatic rings. The van der Waals surface area contributed by atoms with Gasteiger partial charge in [-0.1, -0.05) is 24.1 Å². The van der Waals surface area contributed by atoms with Gasteiger partial charge in [0.25, 0.3) is 0 Å². The van der Waals surface area contributed by atoms with Crippen LogP contribution in [0.1, 0.15) is 73.1 Å². The number of hydrogen-bond acceptors (Lipinski definition) is 2. The molecule has 0 N–H and O–H groups in total. The summed E-state index contributed by atoms with van der Waals surface area (Å²) in [5, 5.41) is 0. The van der Waals surface area contributed by atoms with E-state index >= 15 is 0 Å². The van der Waals surface area contributed by atoms with Crippen LogP contribution in [0.4, 0.5) is 0 Å². The average molecular weight is 302 g/mol. The standard InChI is InChI=1S/C20H30O2/c1-13(2)18-15-9-8-14(3)7-6-10-20(5)17(22-20)12-19(15,4)11-16(18)21/h7,15,17H,6,8-12H2,1-5H3/b14-7+/t15-,17-,19+,20-/m1/s1. The second-order valence-corrected chi connectivity index (χ2v) is 8.47. The highest BCUT2D eigenvalue weighted by Crippen LogP contribution is 2.56. The highest BCUT2D eigenvalue weighted by atomic mass is 16.6. The summed E-state index contributed by atoms with van der Waals surface area (Å²) in [6.45, 7) is 11.0. The molecule has 0 unspecified atom stereocenters. The van der Waals surface area contributed by atoms with Gasteiger partial charge in [-0.05, 0) is 76.7 Å². The van der Waals surface area contributed by atoms with Crippen LogP contribution < -0.4 is 0 Å². The monoisotopic (exact) mass is 302 g/mol. The Kier molecular flexibility index (Phi) is 3.87. The molecule has 1 saturated carbocycles. The summed E-state index contributed by atoms with van der Waals surface area (Å²) in [7, 11) is 0. The van der Waals surface area contributed by atoms with Crippen molar-refractivity contribution in [2.24, 2.45) is 11.3 Å². The predicted molar refractivity (Wildman–Crippen MR) is 89.7 cm³/mol. The Labute approximate surface area is 135 Å². The topological polar surface area (TPSA) is 29.6 Å². The smallest absolute Gasteiger partial charge is 0.159 e. The largest absolute Gasteiger partial charge is 0.366 e. The van der Waals surface area contributed by atoms with Crippen molar-refractivity contribution in [3.05, 3.63) is 22.8 Å². The van der Waals surface area contributed by atoms with Crippen molar-refractivity contribution in [3.63, 3.8) is 0 Å². The van der Waals surface area contributed by atoms with E-state index in [1.807, 2.05) is 0 Å². The molecule has 1 saturated heterocycles. The van der Waals surface area contributed by atoms with Crippen molar-refractivity contribution in [1.29, 1.82) is 0 Å². The molecule has 0 radical (unpaired) electrons. The molecule has 3 rings (SSSR count). The zero-order valence-electron chi connectivity index (χ0n) is 14.8. The minimum absolute atomic E-state index is 0.0471. The fourth-order valence-electron chi connectivity index (χ4n) is 4.73. The molecule has 2 aliphatic carbocycles. The Morgan fingerprint density at radius 1 is 1.32 bits per heavy atom. The molecule has 2 nitrogen and oxygen atoms in total. The minimum Gasteiger partial charge on any atom is -0.366 e. The number of allylic oxidation sites excluding steroid dienone is 4. The Morgan fingerprint density at radius 2 is 2.05 bits per heavy atom. The summed E-state index contributed by atoms with van der Waals surface area (Å²) in [6.07, 6.45) is 8.92. The third-order valence-electron chi connectivity index (χ3n) is 6.24. The van der Waals surface area contributed by atoms with E-state index in [1.54, 1.807) is 0 Å². The van der Waals surface area contributed by atoms with Gasteiger partial charge in [0.15, 0.2) is 5.78 Å². The third-order valence-corrected chi connectivity index (χ3v) is 6.24. The van der Waals surface area contributed by atoms with Crippen molar-refractivity contribution in [2.45, 2.75) is 84.8 Å². The molecule has 4 atom stereocenters. The van der Waals surface area contributed by atoms with Gasteiger partial charge < -0.3 is 4.74 Å². The first-order valence-corrected chi connectivity index (χ1v) is 8.79. The van der Waals surface area contributed by atoms with E-state index < -0.39 is 0 Å². The summed E-state index contributed by atoms with van der Waals surface area (Å²) in [5.74, 6) is 0.786. The first-order valence-electron chi connectivity index (χ1n) is 8.79. The lowest BCUT2D eigenvalue weighted by Crippen LogP contribution is -2.26. The molecule has 0 spiro atoms. The van der Waals surface area contributed by atoms with Gasteiger partial charge in [0.05, 0.1) is 11.7 Å². The van der Waals surface area contributed by atoms with Gasteiger partial charge in [0.2, 0.25) is 0 Å². The molecule has 0 amide bonds. The molecule has 22 heavy (non-hydrogen) atoms. The second kappa shape index (κ2) is 5.33. The van der Waals surface area contributed by atoms with Crippen LogP contribution in [-0.4, -0.2) is 17.5 Å². The number of ketones is 1. The van der Waals surface area contributed by atoms with Crippen LogP contribution in [0.5, 0.6) is 0 Å². The first-order chi connectivity index (χ1) is 10.3. The second-order valence-electron chi connectivity index (χ2n) is 8.47. The molecule has 1 heterocycles. The lowest BCUT2D eigenvalue weighted by atomic mass is 9.71. The van der Waals surface area contributed by atoms with Crippen LogP contribution in [0.3, 0.4) is 0 Å². The number of hydrogen-bond donors (Lipinski definition) is 0. The van der Waals surface area contributed by atoms with E-state index in [4.69, 9.17) is 4.74 Å². The number of rotatable bonds is 0. The summed E-state index contributed by atoms with van der Waals surface area (Å²) in [5.41, 5.74) is 3.94. The van der Waals surface area contributed by atoms with Crippen molar-refractivity contribution in [1.82, 2.24) is 0 Å². The SMILES string of the molecule is CC(C)=C1C(=O)C[C@@]2(C)C[C@H]3O[C@]3(C)CC/C=C(\C)CC[C@H]12. The van der Waals surface area contributed by atoms with Crippen LogP contribution in [0.15, 0.2) is 22.8 Å². The number of ether oxygens (including phenoxy) is 1. The lowest BCUT2D eigenvalue weighted by molar-refractivity contribution is -0.115. The zero-order chi connectivity index (χ0) is 16.1. The number of fused-ring (bicyclic) bond motifs is 2. The minimum atomic E-state index is 0.0471. The van der Waals surface area contributed by atoms with Crippen molar-refractivity contribution < 1.29 is 9.53 Å². The fraction of sp³-hybridized carbons (Fsp3) is 0.750. The maximum atomic E-state index is 12.6. The van der Waals surface area contributed by atoms with Crippen molar-refractivity contribution >= 4 is 5.78 Å². The molecular formula is C20H30O2. The lowest BCUT2D eigenvalue weighted by Gasteiger charge is -2.31. The predicted octanol–water partition coefficient (Wildman–Crippen LogP) is 4.99. The van der Waals surface area contributed by atoms with Gasteiger partial charge in [-0.25, -0.2) is 0 Å². The van der Waals surface area contributed by atoms with E-state index in [-0.39, 0.29) is 11.0 Å². The Morgan fingerprint density at radius 3 is 2.73 bits per heavy atom. The molecular weight excluding hydrogens is 272 g/mol. The van der Waals surface area contributed by atoms with Gasteiger partial charge >= 0.3 is 0 Å². The quantitative estimate of drug-likeness (QED) is 0.358. The summed E-state index contributed by atoms with van der Waals surface area (Å²) in [4.78, 5) is 12.6. The number of carbonyl (C=O) groups excluding carboxylic acids is 1. The maximum absolute atomic E-state index is 12.6. The summed E-state index contributed by atoms with van der Waals surface area (Å²) < 4.78 is 6.06. The molecule has 1 aliphatic heterocycles. The van der Waals surface area contributed by atoms with E-state index in [9.17, 15) is 4.79 Å².